The number of oxime groups is 1. The molecule has 0 saturated heterocycles. The van der Waals surface area contributed by atoms with E-state index >= 15 is 0 Å². The lowest BCUT2D eigenvalue weighted by molar-refractivity contribution is 0.167. The molecule has 1 N–H and O–H groups in total. The molecule has 138 valence electrons. The molecule has 0 aliphatic rings. The number of aromatic nitrogens is 1. The maximum Gasteiger partial charge on any atom is 0.437 e. The Bertz CT molecular complexity index is 983. The molecular formula is C17H9Cl4N3O2S. The van der Waals surface area contributed by atoms with Crippen molar-refractivity contribution in [2.75, 3.05) is 5.32 Å². The molecule has 10 heteroatoms. The van der Waals surface area contributed by atoms with Crippen LogP contribution in [-0.2, 0) is 4.84 Å². The molecule has 0 aliphatic carbocycles. The van der Waals surface area contributed by atoms with Gasteiger partial charge < -0.3 is 0 Å². The summed E-state index contributed by atoms with van der Waals surface area (Å²) in [4.78, 5) is 16.8. The summed E-state index contributed by atoms with van der Waals surface area (Å²) in [5, 5.41) is 9.38. The second-order valence-electron chi connectivity index (χ2n) is 5.05. The van der Waals surface area contributed by atoms with Gasteiger partial charge in [0.2, 0.25) is 0 Å². The molecule has 0 aliphatic heterocycles. The number of benzene rings is 2. The van der Waals surface area contributed by atoms with Crippen molar-refractivity contribution in [3.8, 4) is 11.3 Å². The van der Waals surface area contributed by atoms with Gasteiger partial charge in [-0.2, -0.15) is 4.37 Å². The molecule has 0 bridgehead atoms. The number of halogens is 4. The van der Waals surface area contributed by atoms with E-state index < -0.39 is 6.09 Å². The maximum atomic E-state index is 12.0. The number of anilines is 1. The van der Waals surface area contributed by atoms with Crippen LogP contribution in [0.2, 0.25) is 20.1 Å². The molecule has 5 nitrogen and oxygen atoms in total. The minimum Gasteiger partial charge on any atom is -0.298 e. The Morgan fingerprint density at radius 3 is 2.26 bits per heavy atom. The van der Waals surface area contributed by atoms with Crippen LogP contribution in [0.25, 0.3) is 11.3 Å². The van der Waals surface area contributed by atoms with Crippen molar-refractivity contribution in [3.05, 3.63) is 67.4 Å². The highest BCUT2D eigenvalue weighted by atomic mass is 35.5. The first-order valence-electron chi connectivity index (χ1n) is 7.31. The molecular weight excluding hydrogens is 452 g/mol. The van der Waals surface area contributed by atoms with Crippen LogP contribution in [0.4, 0.5) is 10.5 Å². The van der Waals surface area contributed by atoms with Crippen LogP contribution in [0.5, 0.6) is 0 Å². The topological polar surface area (TPSA) is 63.6 Å². The van der Waals surface area contributed by atoms with E-state index in [2.05, 4.69) is 14.8 Å². The van der Waals surface area contributed by atoms with E-state index in [9.17, 15) is 4.79 Å². The number of carbonyl (C=O) groups is 1. The lowest BCUT2D eigenvalue weighted by Crippen LogP contribution is -2.11. The molecule has 3 aromatic rings. The van der Waals surface area contributed by atoms with E-state index in [0.29, 0.717) is 42.6 Å². The first kappa shape index (κ1) is 19.9. The van der Waals surface area contributed by atoms with Gasteiger partial charge in [-0.15, -0.1) is 0 Å². The fourth-order valence-electron chi connectivity index (χ4n) is 2.12. The van der Waals surface area contributed by atoms with Gasteiger partial charge in [0, 0.05) is 16.5 Å². The standard InChI is InChI=1S/C17H9Cl4N3O2S/c18-10-3-1-4-11(19)9(10)7-22-26-17(25)23-14-8-27-24-16(14)15-12(20)5-2-6-13(15)21/h1-8H,(H,23,25)/b22-7-. The Kier molecular flexibility index (Phi) is 6.57. The second kappa shape index (κ2) is 8.91. The molecule has 0 radical (unpaired) electrons. The van der Waals surface area contributed by atoms with E-state index in [1.54, 1.807) is 41.8 Å². The minimum absolute atomic E-state index is 0.382. The predicted molar refractivity (Wildman–Crippen MR) is 112 cm³/mol. The van der Waals surface area contributed by atoms with Gasteiger partial charge in [-0.1, -0.05) is 63.7 Å². The van der Waals surface area contributed by atoms with Gasteiger partial charge in [0.25, 0.3) is 0 Å². The molecule has 0 atom stereocenters. The molecule has 27 heavy (non-hydrogen) atoms. The second-order valence-corrected chi connectivity index (χ2v) is 7.30. The Balaban J connectivity index is 1.73. The third-order valence-electron chi connectivity index (χ3n) is 3.32. The van der Waals surface area contributed by atoms with Crippen LogP contribution >= 0.6 is 57.9 Å². The van der Waals surface area contributed by atoms with Crippen LogP contribution in [0.3, 0.4) is 0 Å². The summed E-state index contributed by atoms with van der Waals surface area (Å²) < 4.78 is 4.24. The fourth-order valence-corrected chi connectivity index (χ4v) is 3.82. The van der Waals surface area contributed by atoms with Crippen LogP contribution in [0, 0.1) is 0 Å². The summed E-state index contributed by atoms with van der Waals surface area (Å²) in [6, 6.07) is 10.1. The zero-order chi connectivity index (χ0) is 19.4. The van der Waals surface area contributed by atoms with Crippen LogP contribution in [0.1, 0.15) is 5.56 Å². The van der Waals surface area contributed by atoms with Crippen molar-refractivity contribution in [2.45, 2.75) is 0 Å². The Morgan fingerprint density at radius 1 is 1.04 bits per heavy atom. The Hall–Kier alpha value is -1.83. The zero-order valence-electron chi connectivity index (χ0n) is 13.2. The zero-order valence-corrected chi connectivity index (χ0v) is 17.1. The average molecular weight is 461 g/mol. The molecule has 0 unspecified atom stereocenters. The van der Waals surface area contributed by atoms with Crippen LogP contribution < -0.4 is 5.32 Å². The summed E-state index contributed by atoms with van der Waals surface area (Å²) >= 11 is 25.6. The number of hydrogen-bond donors (Lipinski definition) is 1. The van der Waals surface area contributed by atoms with Gasteiger partial charge in [0.15, 0.2) is 0 Å². The minimum atomic E-state index is -0.820. The van der Waals surface area contributed by atoms with Crippen molar-refractivity contribution >= 4 is 75.9 Å². The molecule has 1 heterocycles. The lowest BCUT2D eigenvalue weighted by atomic mass is 10.1. The third kappa shape index (κ3) is 4.72. The van der Waals surface area contributed by atoms with Crippen molar-refractivity contribution in [2.24, 2.45) is 5.16 Å². The van der Waals surface area contributed by atoms with Crippen molar-refractivity contribution < 1.29 is 9.63 Å². The van der Waals surface area contributed by atoms with Crippen LogP contribution in [-0.4, -0.2) is 16.7 Å². The maximum absolute atomic E-state index is 12.0. The van der Waals surface area contributed by atoms with Crippen molar-refractivity contribution in [3.63, 3.8) is 0 Å². The van der Waals surface area contributed by atoms with E-state index in [1.807, 2.05) is 0 Å². The molecule has 0 spiro atoms. The molecule has 2 aromatic carbocycles. The lowest BCUT2D eigenvalue weighted by Gasteiger charge is -2.07. The Labute approximate surface area is 178 Å². The highest BCUT2D eigenvalue weighted by Crippen LogP contribution is 2.38. The van der Waals surface area contributed by atoms with Gasteiger partial charge in [0.1, 0.15) is 5.69 Å². The Morgan fingerprint density at radius 2 is 1.63 bits per heavy atom. The highest BCUT2D eigenvalue weighted by Gasteiger charge is 2.17. The molecule has 1 aromatic heterocycles. The first-order chi connectivity index (χ1) is 13.0. The smallest absolute Gasteiger partial charge is 0.298 e. The monoisotopic (exact) mass is 459 g/mol. The quantitative estimate of drug-likeness (QED) is 0.258. The molecule has 1 amide bonds. The van der Waals surface area contributed by atoms with E-state index in [4.69, 9.17) is 51.2 Å². The predicted octanol–water partition coefficient (Wildman–Crippen LogP) is 7.01. The summed E-state index contributed by atoms with van der Waals surface area (Å²) in [6.07, 6.45) is 0.432. The molecule has 3 rings (SSSR count). The summed E-state index contributed by atoms with van der Waals surface area (Å²) in [5.41, 5.74) is 1.79. The van der Waals surface area contributed by atoms with E-state index in [-0.39, 0.29) is 0 Å². The summed E-state index contributed by atoms with van der Waals surface area (Å²) in [7, 11) is 0. The third-order valence-corrected chi connectivity index (χ3v) is 5.24. The number of hydrogen-bond acceptors (Lipinski definition) is 5. The van der Waals surface area contributed by atoms with Gasteiger partial charge in [-0.05, 0) is 35.8 Å². The fraction of sp³-hybridized carbons (Fsp3) is 0. The number of carbonyl (C=O) groups excluding carboxylic acids is 1. The normalized spacial score (nSPS) is 11.0. The van der Waals surface area contributed by atoms with E-state index in [0.717, 1.165) is 11.5 Å². The SMILES string of the molecule is O=C(Nc1csnc1-c1c(Cl)cccc1Cl)O/N=C\c1c(Cl)cccc1Cl. The van der Waals surface area contributed by atoms with Crippen LogP contribution in [0.15, 0.2) is 46.9 Å². The van der Waals surface area contributed by atoms with Gasteiger partial charge in [-0.3, -0.25) is 10.2 Å². The number of amides is 1. The van der Waals surface area contributed by atoms with E-state index in [1.165, 1.54) is 6.21 Å². The van der Waals surface area contributed by atoms with Crippen molar-refractivity contribution in [1.29, 1.82) is 0 Å². The van der Waals surface area contributed by atoms with Gasteiger partial charge in [0.05, 0.1) is 32.0 Å². The van der Waals surface area contributed by atoms with Gasteiger partial charge >= 0.3 is 6.09 Å². The number of nitrogens with zero attached hydrogens (tertiary/aromatic N) is 2. The number of rotatable bonds is 4. The van der Waals surface area contributed by atoms with Crippen molar-refractivity contribution in [1.82, 2.24) is 4.37 Å². The summed E-state index contributed by atoms with van der Waals surface area (Å²) in [6.45, 7) is 0. The van der Waals surface area contributed by atoms with Gasteiger partial charge in [-0.25, -0.2) is 4.79 Å². The molecule has 0 saturated carbocycles. The molecule has 0 fully saturated rings. The highest BCUT2D eigenvalue weighted by molar-refractivity contribution is 7.04. The number of nitrogens with one attached hydrogen (secondary N) is 1. The first-order valence-corrected chi connectivity index (χ1v) is 9.66. The largest absolute Gasteiger partial charge is 0.437 e. The average Bonchev–Trinajstić information content (AvgIpc) is 3.05. The summed E-state index contributed by atoms with van der Waals surface area (Å²) in [5.74, 6) is 0.